The lowest BCUT2D eigenvalue weighted by molar-refractivity contribution is -0.0166. The fourth-order valence-corrected chi connectivity index (χ4v) is 2.89. The molecule has 90 valence electrons. The zero-order valence-electron chi connectivity index (χ0n) is 9.82. The molecule has 1 fully saturated rings. The van der Waals surface area contributed by atoms with Crippen LogP contribution in [0.1, 0.15) is 43.3 Å². The van der Waals surface area contributed by atoms with Gasteiger partial charge in [-0.3, -0.25) is 0 Å². The molecule has 4 heteroatoms. The molecule has 0 saturated heterocycles. The monoisotopic (exact) mass is 240 g/mol. The van der Waals surface area contributed by atoms with Crippen molar-refractivity contribution in [1.29, 1.82) is 0 Å². The van der Waals surface area contributed by atoms with Crippen LogP contribution in [0.25, 0.3) is 0 Å². The highest BCUT2D eigenvalue weighted by Crippen LogP contribution is 2.27. The van der Waals surface area contributed by atoms with Crippen LogP contribution in [-0.4, -0.2) is 11.1 Å². The lowest BCUT2D eigenvalue weighted by atomic mass is 9.88. The minimum absolute atomic E-state index is 0.428. The predicted octanol–water partition coefficient (Wildman–Crippen LogP) is 2.70. The van der Waals surface area contributed by atoms with Crippen LogP contribution >= 0.6 is 11.3 Å². The fourth-order valence-electron chi connectivity index (χ4n) is 2.23. The molecule has 16 heavy (non-hydrogen) atoms. The van der Waals surface area contributed by atoms with E-state index in [1.54, 1.807) is 11.3 Å². The Bertz CT molecular complexity index is 327. The summed E-state index contributed by atoms with van der Waals surface area (Å²) in [4.78, 5) is 4.41. The third kappa shape index (κ3) is 3.03. The Balaban J connectivity index is 1.81. The normalized spacial score (nSPS) is 25.9. The van der Waals surface area contributed by atoms with Gasteiger partial charge in [-0.15, -0.1) is 11.3 Å². The molecule has 0 radical (unpaired) electrons. The van der Waals surface area contributed by atoms with Crippen LogP contribution in [-0.2, 0) is 17.9 Å². The quantitative estimate of drug-likeness (QED) is 0.880. The second-order valence-corrected chi connectivity index (χ2v) is 5.49. The van der Waals surface area contributed by atoms with E-state index in [1.165, 1.54) is 25.7 Å². The van der Waals surface area contributed by atoms with Crippen molar-refractivity contribution in [1.82, 2.24) is 4.98 Å². The molecular weight excluding hydrogens is 220 g/mol. The lowest BCUT2D eigenvalue weighted by Crippen LogP contribution is -2.25. The first-order chi connectivity index (χ1) is 7.79. The lowest BCUT2D eigenvalue weighted by Gasteiger charge is -2.28. The van der Waals surface area contributed by atoms with E-state index in [1.807, 2.05) is 0 Å². The first kappa shape index (κ1) is 12.0. The van der Waals surface area contributed by atoms with Gasteiger partial charge in [-0.25, -0.2) is 4.98 Å². The van der Waals surface area contributed by atoms with Gasteiger partial charge in [-0.2, -0.15) is 0 Å². The number of thiazole rings is 1. The van der Waals surface area contributed by atoms with Crippen LogP contribution in [0.2, 0.25) is 0 Å². The molecule has 1 heterocycles. The second kappa shape index (κ2) is 5.75. The number of ether oxygens (including phenoxy) is 1. The van der Waals surface area contributed by atoms with Crippen LogP contribution < -0.4 is 5.73 Å². The number of rotatable bonds is 4. The largest absolute Gasteiger partial charge is 0.372 e. The Kier molecular flexibility index (Phi) is 4.32. The average molecular weight is 240 g/mol. The second-order valence-electron chi connectivity index (χ2n) is 4.55. The minimum Gasteiger partial charge on any atom is -0.372 e. The maximum absolute atomic E-state index is 5.94. The van der Waals surface area contributed by atoms with Crippen LogP contribution in [0.5, 0.6) is 0 Å². The topological polar surface area (TPSA) is 48.1 Å². The molecule has 1 aliphatic rings. The molecule has 2 atom stereocenters. The molecule has 0 spiro atoms. The summed E-state index contributed by atoms with van der Waals surface area (Å²) in [6.45, 7) is 3.46. The van der Waals surface area contributed by atoms with Gasteiger partial charge in [0.05, 0.1) is 18.4 Å². The molecule has 2 unspecified atom stereocenters. The minimum atomic E-state index is 0.428. The molecule has 0 bridgehead atoms. The average Bonchev–Trinajstić information content (AvgIpc) is 2.76. The smallest absolute Gasteiger partial charge is 0.107 e. The van der Waals surface area contributed by atoms with Gasteiger partial charge in [0.25, 0.3) is 0 Å². The van der Waals surface area contributed by atoms with E-state index in [4.69, 9.17) is 10.5 Å². The molecule has 1 saturated carbocycles. The molecule has 1 aromatic rings. The van der Waals surface area contributed by atoms with Gasteiger partial charge in [0, 0.05) is 11.9 Å². The van der Waals surface area contributed by atoms with Gasteiger partial charge in [-0.05, 0) is 18.8 Å². The molecule has 3 nitrogen and oxygen atoms in total. The number of nitrogens with two attached hydrogens (primary N) is 1. The van der Waals surface area contributed by atoms with E-state index in [2.05, 4.69) is 17.3 Å². The first-order valence-electron chi connectivity index (χ1n) is 6.04. The van der Waals surface area contributed by atoms with Gasteiger partial charge in [-0.1, -0.05) is 19.8 Å². The van der Waals surface area contributed by atoms with Crippen molar-refractivity contribution in [2.75, 3.05) is 0 Å². The highest BCUT2D eigenvalue weighted by Gasteiger charge is 2.21. The third-order valence-electron chi connectivity index (χ3n) is 3.25. The Hall–Kier alpha value is -0.450. The number of hydrogen-bond donors (Lipinski definition) is 1. The van der Waals surface area contributed by atoms with Gasteiger partial charge < -0.3 is 10.5 Å². The van der Waals surface area contributed by atoms with Crippen molar-refractivity contribution < 1.29 is 4.74 Å². The van der Waals surface area contributed by atoms with Gasteiger partial charge in [0.1, 0.15) is 5.01 Å². The maximum Gasteiger partial charge on any atom is 0.107 e. The van der Waals surface area contributed by atoms with E-state index < -0.39 is 0 Å². The number of hydrogen-bond acceptors (Lipinski definition) is 4. The maximum atomic E-state index is 5.94. The highest BCUT2D eigenvalue weighted by molar-refractivity contribution is 7.09. The molecule has 0 aliphatic heterocycles. The summed E-state index contributed by atoms with van der Waals surface area (Å²) in [6.07, 6.45) is 5.59. The van der Waals surface area contributed by atoms with E-state index in [9.17, 15) is 0 Å². The molecule has 1 aromatic heterocycles. The summed E-state index contributed by atoms with van der Waals surface area (Å²) in [5.41, 5.74) is 6.56. The van der Waals surface area contributed by atoms with Crippen molar-refractivity contribution in [2.24, 2.45) is 11.7 Å². The molecule has 0 aromatic carbocycles. The highest BCUT2D eigenvalue weighted by atomic mass is 32.1. The summed E-state index contributed by atoms with van der Waals surface area (Å²) >= 11 is 1.62. The van der Waals surface area contributed by atoms with Crippen LogP contribution in [0.15, 0.2) is 5.38 Å². The van der Waals surface area contributed by atoms with Crippen molar-refractivity contribution in [3.8, 4) is 0 Å². The fraction of sp³-hybridized carbons (Fsp3) is 0.750. The van der Waals surface area contributed by atoms with Crippen molar-refractivity contribution >= 4 is 11.3 Å². The van der Waals surface area contributed by atoms with Gasteiger partial charge >= 0.3 is 0 Å². The molecule has 0 amide bonds. The summed E-state index contributed by atoms with van der Waals surface area (Å²) in [7, 11) is 0. The molecule has 2 rings (SSSR count). The van der Waals surface area contributed by atoms with Crippen LogP contribution in [0.4, 0.5) is 0 Å². The third-order valence-corrected chi connectivity index (χ3v) is 4.17. The summed E-state index contributed by atoms with van der Waals surface area (Å²) < 4.78 is 5.94. The van der Waals surface area contributed by atoms with Crippen molar-refractivity contribution in [3.63, 3.8) is 0 Å². The molecule has 1 aliphatic carbocycles. The van der Waals surface area contributed by atoms with Gasteiger partial charge in [0.15, 0.2) is 0 Å². The SMILES string of the molecule is CC1CCCCC1OCc1csc(CN)n1. The van der Waals surface area contributed by atoms with Crippen LogP contribution in [0.3, 0.4) is 0 Å². The number of aromatic nitrogens is 1. The molecule has 2 N–H and O–H groups in total. The zero-order chi connectivity index (χ0) is 11.4. The first-order valence-corrected chi connectivity index (χ1v) is 6.92. The van der Waals surface area contributed by atoms with Crippen LogP contribution in [0, 0.1) is 5.92 Å². The van der Waals surface area contributed by atoms with E-state index in [0.29, 0.717) is 25.2 Å². The predicted molar refractivity (Wildman–Crippen MR) is 66.2 cm³/mol. The zero-order valence-corrected chi connectivity index (χ0v) is 10.6. The Morgan fingerprint density at radius 3 is 3.00 bits per heavy atom. The summed E-state index contributed by atoms with van der Waals surface area (Å²) in [5.74, 6) is 0.696. The van der Waals surface area contributed by atoms with Crippen molar-refractivity contribution in [3.05, 3.63) is 16.1 Å². The van der Waals surface area contributed by atoms with E-state index in [-0.39, 0.29) is 0 Å². The van der Waals surface area contributed by atoms with E-state index >= 15 is 0 Å². The Morgan fingerprint density at radius 1 is 1.50 bits per heavy atom. The summed E-state index contributed by atoms with van der Waals surface area (Å²) in [5, 5.41) is 3.05. The van der Waals surface area contributed by atoms with Crippen molar-refractivity contribution in [2.45, 2.75) is 51.9 Å². The van der Waals surface area contributed by atoms with E-state index in [0.717, 1.165) is 10.7 Å². The Labute approximate surface area is 101 Å². The van der Waals surface area contributed by atoms with Gasteiger partial charge in [0.2, 0.25) is 0 Å². The molecular formula is C12H20N2OS. The Morgan fingerprint density at radius 2 is 2.31 bits per heavy atom. The number of nitrogens with zero attached hydrogens (tertiary/aromatic N) is 1. The standard InChI is InChI=1S/C12H20N2OS/c1-9-4-2-3-5-11(9)15-7-10-8-16-12(6-13)14-10/h8-9,11H,2-7,13H2,1H3. The summed E-state index contributed by atoms with van der Waals surface area (Å²) in [6, 6.07) is 0.